The van der Waals surface area contributed by atoms with E-state index in [-0.39, 0.29) is 24.6 Å². The van der Waals surface area contributed by atoms with Crippen LogP contribution in [0.3, 0.4) is 0 Å². The Balaban J connectivity index is 1.90. The Labute approximate surface area is 141 Å². The maximum Gasteiger partial charge on any atom is 0.308 e. The molecule has 1 aromatic carbocycles. The molecule has 0 saturated carbocycles. The van der Waals surface area contributed by atoms with Crippen molar-refractivity contribution in [3.05, 3.63) is 35.6 Å². The number of hydrogen-bond acceptors (Lipinski definition) is 4. The molecule has 1 unspecified atom stereocenters. The van der Waals surface area contributed by atoms with E-state index in [1.165, 1.54) is 18.2 Å². The van der Waals surface area contributed by atoms with Crippen molar-refractivity contribution >= 4 is 16.0 Å². The first-order valence-electron chi connectivity index (χ1n) is 7.90. The summed E-state index contributed by atoms with van der Waals surface area (Å²) in [6.45, 7) is 0.836. The summed E-state index contributed by atoms with van der Waals surface area (Å²) < 4.78 is 45.2. The molecule has 0 spiro atoms. The number of hydrogen-bond donors (Lipinski definition) is 2. The van der Waals surface area contributed by atoms with Gasteiger partial charge in [-0.2, -0.15) is 0 Å². The summed E-state index contributed by atoms with van der Waals surface area (Å²) >= 11 is 0. The zero-order valence-corrected chi connectivity index (χ0v) is 14.1. The van der Waals surface area contributed by atoms with Crippen molar-refractivity contribution in [2.75, 3.05) is 25.5 Å². The molecule has 24 heavy (non-hydrogen) atoms. The van der Waals surface area contributed by atoms with Gasteiger partial charge in [-0.15, -0.1) is 0 Å². The highest BCUT2D eigenvalue weighted by molar-refractivity contribution is 7.89. The first kappa shape index (κ1) is 18.8. The third-order valence-electron chi connectivity index (χ3n) is 4.27. The number of benzene rings is 1. The van der Waals surface area contributed by atoms with Gasteiger partial charge in [0.05, 0.1) is 11.7 Å². The molecule has 1 saturated heterocycles. The van der Waals surface area contributed by atoms with Crippen LogP contribution in [0.15, 0.2) is 24.3 Å². The number of sulfonamides is 1. The Morgan fingerprint density at radius 2 is 2.00 bits per heavy atom. The zero-order chi connectivity index (χ0) is 17.6. The van der Waals surface area contributed by atoms with Gasteiger partial charge in [-0.05, 0) is 36.8 Å². The normalized spacial score (nSPS) is 17.5. The van der Waals surface area contributed by atoms with E-state index >= 15 is 0 Å². The Kier molecular flexibility index (Phi) is 6.70. The zero-order valence-electron chi connectivity index (χ0n) is 13.3. The van der Waals surface area contributed by atoms with Gasteiger partial charge in [0.1, 0.15) is 5.82 Å². The smallest absolute Gasteiger partial charge is 0.308 e. The van der Waals surface area contributed by atoms with E-state index in [1.807, 2.05) is 0 Å². The van der Waals surface area contributed by atoms with Gasteiger partial charge >= 0.3 is 5.97 Å². The van der Waals surface area contributed by atoms with Crippen LogP contribution in [0.2, 0.25) is 0 Å². The van der Waals surface area contributed by atoms with E-state index in [4.69, 9.17) is 4.74 Å². The van der Waals surface area contributed by atoms with Crippen LogP contribution >= 0.6 is 0 Å². The van der Waals surface area contributed by atoms with Gasteiger partial charge in [0, 0.05) is 19.8 Å². The van der Waals surface area contributed by atoms with Crippen LogP contribution in [0, 0.1) is 17.7 Å². The van der Waals surface area contributed by atoms with Crippen molar-refractivity contribution in [3.8, 4) is 0 Å². The number of halogens is 1. The number of carbonyl (C=O) groups is 1. The number of ether oxygens (including phenoxy) is 1. The molecule has 1 heterocycles. The Bertz CT molecular complexity index is 658. The quantitative estimate of drug-likeness (QED) is 0.732. The van der Waals surface area contributed by atoms with Gasteiger partial charge in [0.2, 0.25) is 10.0 Å². The molecule has 2 N–H and O–H groups in total. The maximum atomic E-state index is 13.5. The van der Waals surface area contributed by atoms with Crippen LogP contribution in [-0.2, 0) is 26.0 Å². The van der Waals surface area contributed by atoms with Crippen LogP contribution in [-0.4, -0.2) is 45.0 Å². The average molecular weight is 359 g/mol. The minimum absolute atomic E-state index is 0.0387. The highest BCUT2D eigenvalue weighted by atomic mass is 32.2. The lowest BCUT2D eigenvalue weighted by molar-refractivity contribution is -0.144. The van der Waals surface area contributed by atoms with E-state index in [2.05, 4.69) is 4.72 Å². The summed E-state index contributed by atoms with van der Waals surface area (Å²) in [4.78, 5) is 11.4. The van der Waals surface area contributed by atoms with Crippen molar-refractivity contribution in [2.45, 2.75) is 19.3 Å². The molecule has 1 fully saturated rings. The van der Waals surface area contributed by atoms with Gasteiger partial charge in [-0.1, -0.05) is 18.2 Å². The molecule has 0 amide bonds. The number of aryl methyl sites for hydroxylation is 1. The molecular formula is C16H22FNO5S. The second kappa shape index (κ2) is 8.55. The first-order chi connectivity index (χ1) is 11.4. The summed E-state index contributed by atoms with van der Waals surface area (Å²) in [6, 6.07) is 5.99. The number of aliphatic carboxylic acids is 1. The third-order valence-corrected chi connectivity index (χ3v) is 5.62. The third kappa shape index (κ3) is 5.54. The second-order valence-electron chi connectivity index (χ2n) is 5.90. The molecule has 1 aromatic rings. The van der Waals surface area contributed by atoms with E-state index in [1.54, 1.807) is 6.07 Å². The highest BCUT2D eigenvalue weighted by Crippen LogP contribution is 2.24. The van der Waals surface area contributed by atoms with E-state index in [9.17, 15) is 22.7 Å². The van der Waals surface area contributed by atoms with Crippen LogP contribution in [0.4, 0.5) is 4.39 Å². The molecule has 0 aromatic heterocycles. The Morgan fingerprint density at radius 1 is 1.33 bits per heavy atom. The van der Waals surface area contributed by atoms with Crippen molar-refractivity contribution in [1.29, 1.82) is 0 Å². The van der Waals surface area contributed by atoms with Crippen molar-refractivity contribution < 1.29 is 27.4 Å². The lowest BCUT2D eigenvalue weighted by Gasteiger charge is -2.27. The Morgan fingerprint density at radius 3 is 2.62 bits per heavy atom. The van der Waals surface area contributed by atoms with E-state index < -0.39 is 27.7 Å². The van der Waals surface area contributed by atoms with Crippen molar-refractivity contribution in [2.24, 2.45) is 11.8 Å². The number of carboxylic acid groups (broad SMARTS) is 1. The largest absolute Gasteiger partial charge is 0.481 e. The second-order valence-corrected chi connectivity index (χ2v) is 7.83. The molecule has 1 aliphatic heterocycles. The van der Waals surface area contributed by atoms with Gasteiger partial charge < -0.3 is 9.84 Å². The fourth-order valence-electron chi connectivity index (χ4n) is 2.81. The van der Waals surface area contributed by atoms with Gasteiger partial charge in [0.15, 0.2) is 0 Å². The lowest BCUT2D eigenvalue weighted by Crippen LogP contribution is -2.39. The Hall–Kier alpha value is -1.51. The summed E-state index contributed by atoms with van der Waals surface area (Å²) in [7, 11) is -3.68. The molecule has 2 rings (SSSR count). The molecule has 134 valence electrons. The number of nitrogens with one attached hydrogen (secondary N) is 1. The topological polar surface area (TPSA) is 92.7 Å². The fourth-order valence-corrected chi connectivity index (χ4v) is 3.87. The van der Waals surface area contributed by atoms with Crippen LogP contribution in [0.25, 0.3) is 0 Å². The van der Waals surface area contributed by atoms with E-state index in [0.29, 0.717) is 31.6 Å². The van der Waals surface area contributed by atoms with Crippen LogP contribution in [0.5, 0.6) is 0 Å². The molecule has 1 aliphatic rings. The molecule has 0 aliphatic carbocycles. The molecule has 1 atom stereocenters. The first-order valence-corrected chi connectivity index (χ1v) is 9.55. The SMILES string of the molecule is O=C(O)C(CNS(=O)(=O)CCc1ccccc1F)C1CCOCC1. The van der Waals surface area contributed by atoms with Crippen LogP contribution in [0.1, 0.15) is 18.4 Å². The van der Waals surface area contributed by atoms with Crippen LogP contribution < -0.4 is 4.72 Å². The molecule has 8 heteroatoms. The van der Waals surface area contributed by atoms with Gasteiger partial charge in [-0.3, -0.25) is 4.79 Å². The predicted molar refractivity (Wildman–Crippen MR) is 86.6 cm³/mol. The standard InChI is InChI=1S/C16H22FNO5S/c17-15-4-2-1-3-13(15)7-10-24(21,22)18-11-14(16(19)20)12-5-8-23-9-6-12/h1-4,12,14,18H,5-11H2,(H,19,20). The van der Waals surface area contributed by atoms with Crippen molar-refractivity contribution in [1.82, 2.24) is 4.72 Å². The minimum Gasteiger partial charge on any atom is -0.481 e. The molecule has 6 nitrogen and oxygen atoms in total. The fraction of sp³-hybridized carbons (Fsp3) is 0.562. The average Bonchev–Trinajstić information content (AvgIpc) is 2.55. The molecule has 0 bridgehead atoms. The lowest BCUT2D eigenvalue weighted by atomic mass is 9.86. The van der Waals surface area contributed by atoms with E-state index in [0.717, 1.165) is 0 Å². The molecular weight excluding hydrogens is 337 g/mol. The summed E-state index contributed by atoms with van der Waals surface area (Å²) in [5.74, 6) is -2.63. The number of carboxylic acids is 1. The van der Waals surface area contributed by atoms with Gasteiger partial charge in [-0.25, -0.2) is 17.5 Å². The highest BCUT2D eigenvalue weighted by Gasteiger charge is 2.30. The molecule has 0 radical (unpaired) electrons. The summed E-state index contributed by atoms with van der Waals surface area (Å²) in [5.41, 5.74) is 0.321. The predicted octanol–water partition coefficient (Wildman–Crippen LogP) is 1.42. The summed E-state index contributed by atoms with van der Waals surface area (Å²) in [6.07, 6.45) is 1.25. The van der Waals surface area contributed by atoms with Gasteiger partial charge in [0.25, 0.3) is 0 Å². The summed E-state index contributed by atoms with van der Waals surface area (Å²) in [5, 5.41) is 9.34. The maximum absolute atomic E-state index is 13.5. The van der Waals surface area contributed by atoms with Crippen molar-refractivity contribution in [3.63, 3.8) is 0 Å². The monoisotopic (exact) mass is 359 g/mol. The number of rotatable bonds is 8. The minimum atomic E-state index is -3.68.